The Bertz CT molecular complexity index is 770. The van der Waals surface area contributed by atoms with Crippen LogP contribution in [0.3, 0.4) is 0 Å². The Morgan fingerprint density at radius 1 is 1.55 bits per heavy atom. The van der Waals surface area contributed by atoms with Crippen LogP contribution in [0.1, 0.15) is 5.69 Å². The van der Waals surface area contributed by atoms with Crippen molar-refractivity contribution in [1.82, 2.24) is 19.7 Å². The fraction of sp³-hybridized carbons (Fsp3) is 0.250. The molecule has 3 heterocycles. The zero-order chi connectivity index (χ0) is 14.1. The lowest BCUT2D eigenvalue weighted by Gasteiger charge is -1.99. The molecule has 20 heavy (non-hydrogen) atoms. The number of thiazole rings is 1. The van der Waals surface area contributed by atoms with E-state index < -0.39 is 0 Å². The Balaban J connectivity index is 2.14. The van der Waals surface area contributed by atoms with E-state index in [1.807, 2.05) is 23.7 Å². The summed E-state index contributed by atoms with van der Waals surface area (Å²) in [6.45, 7) is 0.409. The molecule has 0 unspecified atom stereocenters. The highest BCUT2D eigenvalue weighted by atomic mass is 32.1. The van der Waals surface area contributed by atoms with Gasteiger partial charge in [-0.05, 0) is 24.4 Å². The Labute approximate surface area is 124 Å². The maximum Gasteiger partial charge on any atom is 0.195 e. The molecule has 0 amide bonds. The van der Waals surface area contributed by atoms with E-state index in [1.54, 1.807) is 13.4 Å². The van der Waals surface area contributed by atoms with Crippen molar-refractivity contribution < 1.29 is 9.15 Å². The number of aromatic nitrogens is 4. The summed E-state index contributed by atoms with van der Waals surface area (Å²) in [5.41, 5.74) is 0.820. The summed E-state index contributed by atoms with van der Waals surface area (Å²) in [7, 11) is 3.50. The van der Waals surface area contributed by atoms with Crippen molar-refractivity contribution in [1.29, 1.82) is 0 Å². The van der Waals surface area contributed by atoms with Crippen LogP contribution in [0, 0.1) is 4.77 Å². The summed E-state index contributed by atoms with van der Waals surface area (Å²) < 4.78 is 13.0. The molecule has 0 spiro atoms. The first-order valence-corrected chi connectivity index (χ1v) is 7.07. The molecule has 104 valence electrons. The first-order valence-electron chi connectivity index (χ1n) is 5.85. The van der Waals surface area contributed by atoms with Gasteiger partial charge in [-0.15, -0.1) is 11.3 Å². The minimum atomic E-state index is 0.409. The Morgan fingerprint density at radius 2 is 2.40 bits per heavy atom. The molecule has 0 saturated heterocycles. The van der Waals surface area contributed by atoms with Gasteiger partial charge in [0.25, 0.3) is 0 Å². The normalized spacial score (nSPS) is 11.1. The third kappa shape index (κ3) is 2.21. The van der Waals surface area contributed by atoms with Crippen LogP contribution in [0.2, 0.25) is 0 Å². The first-order chi connectivity index (χ1) is 9.70. The quantitative estimate of drug-likeness (QED) is 0.750. The highest BCUT2D eigenvalue weighted by molar-refractivity contribution is 7.71. The fourth-order valence-corrected chi connectivity index (χ4v) is 3.01. The summed E-state index contributed by atoms with van der Waals surface area (Å²) in [6, 6.07) is 3.71. The molecule has 0 saturated carbocycles. The molecule has 0 aliphatic carbocycles. The average Bonchev–Trinajstić information content (AvgIpc) is 3.13. The number of furan rings is 1. The second-order valence-electron chi connectivity index (χ2n) is 4.12. The highest BCUT2D eigenvalue weighted by Gasteiger charge is 2.19. The standard InChI is InChI=1S/C12H12N4O2S2/c1-16-10(14-15-12(16)19)9-7(6-17-2)13-11(20-9)8-4-3-5-18-8/h3-5H,6H2,1-2H3,(H,15,19). The van der Waals surface area contributed by atoms with Gasteiger partial charge in [0.2, 0.25) is 0 Å². The molecule has 3 rings (SSSR count). The average molecular weight is 308 g/mol. The maximum atomic E-state index is 5.39. The summed E-state index contributed by atoms with van der Waals surface area (Å²) in [5, 5.41) is 7.83. The third-order valence-electron chi connectivity index (χ3n) is 2.79. The van der Waals surface area contributed by atoms with Gasteiger partial charge in [0, 0.05) is 14.2 Å². The molecule has 6 nitrogen and oxygen atoms in total. The third-order valence-corrected chi connectivity index (χ3v) is 4.27. The molecule has 3 aromatic heterocycles. The zero-order valence-electron chi connectivity index (χ0n) is 10.9. The monoisotopic (exact) mass is 308 g/mol. The second kappa shape index (κ2) is 5.31. The van der Waals surface area contributed by atoms with Crippen molar-refractivity contribution in [2.75, 3.05) is 7.11 Å². The molecule has 0 bridgehead atoms. The van der Waals surface area contributed by atoms with E-state index in [0.717, 1.165) is 27.2 Å². The topological polar surface area (TPSA) is 68.9 Å². The van der Waals surface area contributed by atoms with E-state index in [1.165, 1.54) is 11.3 Å². The van der Waals surface area contributed by atoms with Crippen LogP contribution in [0.5, 0.6) is 0 Å². The number of methoxy groups -OCH3 is 1. The maximum absolute atomic E-state index is 5.39. The lowest BCUT2D eigenvalue weighted by molar-refractivity contribution is 0.182. The zero-order valence-corrected chi connectivity index (χ0v) is 12.5. The molecule has 0 fully saturated rings. The molecule has 3 aromatic rings. The van der Waals surface area contributed by atoms with Crippen LogP contribution in [0.15, 0.2) is 22.8 Å². The van der Waals surface area contributed by atoms with Gasteiger partial charge in [-0.1, -0.05) is 0 Å². The highest BCUT2D eigenvalue weighted by Crippen LogP contribution is 2.34. The van der Waals surface area contributed by atoms with Crippen LogP contribution in [-0.4, -0.2) is 26.9 Å². The van der Waals surface area contributed by atoms with E-state index in [-0.39, 0.29) is 0 Å². The molecule has 0 aliphatic heterocycles. The molecule has 1 N–H and O–H groups in total. The Kier molecular flexibility index (Phi) is 3.51. The van der Waals surface area contributed by atoms with E-state index in [4.69, 9.17) is 21.4 Å². The van der Waals surface area contributed by atoms with Crippen molar-refractivity contribution in [2.24, 2.45) is 7.05 Å². The molecular weight excluding hydrogens is 296 g/mol. The number of hydrogen-bond donors (Lipinski definition) is 1. The number of nitrogens with zero attached hydrogens (tertiary/aromatic N) is 3. The van der Waals surface area contributed by atoms with Crippen molar-refractivity contribution in [3.05, 3.63) is 28.9 Å². The molecule has 0 radical (unpaired) electrons. The lowest BCUT2D eigenvalue weighted by atomic mass is 10.3. The smallest absolute Gasteiger partial charge is 0.195 e. The number of H-pyrrole nitrogens is 1. The van der Waals surface area contributed by atoms with Crippen molar-refractivity contribution in [3.8, 4) is 21.5 Å². The van der Waals surface area contributed by atoms with E-state index in [2.05, 4.69) is 15.2 Å². The Hall–Kier alpha value is -1.77. The molecular formula is C12H12N4O2S2. The van der Waals surface area contributed by atoms with Gasteiger partial charge in [-0.3, -0.25) is 5.10 Å². The van der Waals surface area contributed by atoms with Gasteiger partial charge in [0.05, 0.1) is 23.4 Å². The van der Waals surface area contributed by atoms with Crippen LogP contribution >= 0.6 is 23.6 Å². The van der Waals surface area contributed by atoms with Crippen LogP contribution < -0.4 is 0 Å². The number of aromatic amines is 1. The number of ether oxygens (including phenoxy) is 1. The molecule has 0 aliphatic rings. The van der Waals surface area contributed by atoms with Gasteiger partial charge in [0.1, 0.15) is 0 Å². The van der Waals surface area contributed by atoms with E-state index >= 15 is 0 Å². The fourth-order valence-electron chi connectivity index (χ4n) is 1.82. The van der Waals surface area contributed by atoms with Crippen LogP contribution in [0.4, 0.5) is 0 Å². The second-order valence-corrected chi connectivity index (χ2v) is 5.50. The summed E-state index contributed by atoms with van der Waals surface area (Å²) in [4.78, 5) is 5.49. The number of nitrogens with one attached hydrogen (secondary N) is 1. The van der Waals surface area contributed by atoms with Crippen molar-refractivity contribution in [2.45, 2.75) is 6.61 Å². The SMILES string of the molecule is COCc1nc(-c2ccco2)sc1-c1n[nH]c(=S)n1C. The molecule has 0 atom stereocenters. The minimum absolute atomic E-state index is 0.409. The van der Waals surface area contributed by atoms with Crippen molar-refractivity contribution >= 4 is 23.6 Å². The predicted octanol–water partition coefficient (Wildman–Crippen LogP) is 3.01. The first kappa shape index (κ1) is 13.2. The number of hydrogen-bond acceptors (Lipinski definition) is 6. The predicted molar refractivity (Wildman–Crippen MR) is 77.9 cm³/mol. The van der Waals surface area contributed by atoms with Gasteiger partial charge in [0.15, 0.2) is 21.4 Å². The molecule has 0 aromatic carbocycles. The number of rotatable bonds is 4. The van der Waals surface area contributed by atoms with Crippen LogP contribution in [-0.2, 0) is 18.4 Å². The van der Waals surface area contributed by atoms with Gasteiger partial charge in [-0.25, -0.2) is 4.98 Å². The molecule has 8 heteroatoms. The minimum Gasteiger partial charge on any atom is -0.462 e. The van der Waals surface area contributed by atoms with E-state index in [0.29, 0.717) is 11.4 Å². The van der Waals surface area contributed by atoms with Gasteiger partial charge in [-0.2, -0.15) is 5.10 Å². The summed E-state index contributed by atoms with van der Waals surface area (Å²) in [6.07, 6.45) is 1.63. The van der Waals surface area contributed by atoms with Crippen LogP contribution in [0.25, 0.3) is 21.5 Å². The van der Waals surface area contributed by atoms with Crippen molar-refractivity contribution in [3.63, 3.8) is 0 Å². The Morgan fingerprint density at radius 3 is 3.00 bits per heavy atom. The summed E-state index contributed by atoms with van der Waals surface area (Å²) >= 11 is 6.65. The largest absolute Gasteiger partial charge is 0.462 e. The van der Waals surface area contributed by atoms with Gasteiger partial charge >= 0.3 is 0 Å². The lowest BCUT2D eigenvalue weighted by Crippen LogP contribution is -1.96. The summed E-state index contributed by atoms with van der Waals surface area (Å²) in [5.74, 6) is 1.48. The van der Waals surface area contributed by atoms with Gasteiger partial charge < -0.3 is 13.7 Å². The van der Waals surface area contributed by atoms with E-state index in [9.17, 15) is 0 Å².